The van der Waals surface area contributed by atoms with Crippen LogP contribution in [0.3, 0.4) is 0 Å². The number of anilines is 2. The third-order valence-electron chi connectivity index (χ3n) is 3.39. The van der Waals surface area contributed by atoms with E-state index in [0.717, 1.165) is 44.0 Å². The summed E-state index contributed by atoms with van der Waals surface area (Å²) in [5.74, 6) is 1.83. The molecule has 1 aromatic rings. The van der Waals surface area contributed by atoms with E-state index in [-0.39, 0.29) is 11.9 Å². The molecule has 19 heavy (non-hydrogen) atoms. The molecule has 0 saturated carbocycles. The number of aromatic nitrogens is 1. The summed E-state index contributed by atoms with van der Waals surface area (Å²) in [6.45, 7) is 3.93. The van der Waals surface area contributed by atoms with Gasteiger partial charge in [0.15, 0.2) is 0 Å². The summed E-state index contributed by atoms with van der Waals surface area (Å²) in [7, 11) is 1.69. The van der Waals surface area contributed by atoms with Gasteiger partial charge in [0.1, 0.15) is 17.7 Å². The van der Waals surface area contributed by atoms with Crippen molar-refractivity contribution in [3.05, 3.63) is 18.2 Å². The topological polar surface area (TPSA) is 57.3 Å². The van der Waals surface area contributed by atoms with Crippen LogP contribution in [-0.2, 0) is 4.79 Å². The van der Waals surface area contributed by atoms with Gasteiger partial charge in [-0.15, -0.1) is 0 Å². The molecule has 0 aliphatic carbocycles. The first-order valence-electron chi connectivity index (χ1n) is 6.95. The summed E-state index contributed by atoms with van der Waals surface area (Å²) in [5, 5.41) is 6.01. The number of carbonyl (C=O) groups is 1. The van der Waals surface area contributed by atoms with Gasteiger partial charge in [-0.2, -0.15) is 0 Å². The maximum absolute atomic E-state index is 11.9. The molecule has 1 fully saturated rings. The Bertz CT molecular complexity index is 435. The lowest BCUT2D eigenvalue weighted by atomic mass is 10.2. The van der Waals surface area contributed by atoms with Crippen LogP contribution in [0, 0.1) is 0 Å². The summed E-state index contributed by atoms with van der Waals surface area (Å²) >= 11 is 0. The predicted octanol–water partition coefficient (Wildman–Crippen LogP) is 1.62. The first kappa shape index (κ1) is 13.6. The van der Waals surface area contributed by atoms with Crippen LogP contribution < -0.4 is 15.5 Å². The van der Waals surface area contributed by atoms with Crippen LogP contribution in [0.4, 0.5) is 11.6 Å². The fourth-order valence-corrected chi connectivity index (χ4v) is 2.41. The molecule has 0 radical (unpaired) electrons. The number of amides is 1. The lowest BCUT2D eigenvalue weighted by Crippen LogP contribution is -2.42. The largest absolute Gasteiger partial charge is 0.370 e. The summed E-state index contributed by atoms with van der Waals surface area (Å²) in [5.41, 5.74) is 0. The zero-order valence-corrected chi connectivity index (χ0v) is 11.6. The maximum atomic E-state index is 11.9. The lowest BCUT2D eigenvalue weighted by Gasteiger charge is -2.24. The Morgan fingerprint density at radius 1 is 1.53 bits per heavy atom. The van der Waals surface area contributed by atoms with Gasteiger partial charge in [-0.05, 0) is 31.4 Å². The Labute approximate surface area is 114 Å². The van der Waals surface area contributed by atoms with Crippen molar-refractivity contribution >= 4 is 17.5 Å². The standard InChI is InChI=1S/C14H22N4O/c1-3-9-16-12-7-4-8-13(17-12)18-10-5-6-11(18)14(19)15-2/h4,7-8,11H,3,5-6,9-10H2,1-2H3,(H,15,19)(H,16,17). The number of carbonyl (C=O) groups excluding carboxylic acids is 1. The van der Waals surface area contributed by atoms with E-state index in [1.165, 1.54) is 0 Å². The van der Waals surface area contributed by atoms with Crippen molar-refractivity contribution < 1.29 is 4.79 Å². The van der Waals surface area contributed by atoms with Crippen molar-refractivity contribution in [2.24, 2.45) is 0 Å². The van der Waals surface area contributed by atoms with Gasteiger partial charge in [-0.3, -0.25) is 4.79 Å². The van der Waals surface area contributed by atoms with Crippen LogP contribution in [0.5, 0.6) is 0 Å². The molecule has 0 aromatic carbocycles. The molecule has 5 nitrogen and oxygen atoms in total. The van der Waals surface area contributed by atoms with Gasteiger partial charge in [0.05, 0.1) is 0 Å². The van der Waals surface area contributed by atoms with Gasteiger partial charge in [0.2, 0.25) is 5.91 Å². The van der Waals surface area contributed by atoms with Crippen LogP contribution in [-0.4, -0.2) is 37.1 Å². The summed E-state index contributed by atoms with van der Waals surface area (Å²) in [4.78, 5) is 18.5. The zero-order valence-electron chi connectivity index (χ0n) is 11.6. The first-order chi connectivity index (χ1) is 9.26. The molecule has 104 valence electrons. The van der Waals surface area contributed by atoms with E-state index in [2.05, 4.69) is 27.4 Å². The third-order valence-corrected chi connectivity index (χ3v) is 3.39. The number of hydrogen-bond acceptors (Lipinski definition) is 4. The van der Waals surface area contributed by atoms with Gasteiger partial charge in [-0.25, -0.2) is 4.98 Å². The minimum absolute atomic E-state index is 0.0752. The fraction of sp³-hybridized carbons (Fsp3) is 0.571. The van der Waals surface area contributed by atoms with Crippen LogP contribution in [0.15, 0.2) is 18.2 Å². The van der Waals surface area contributed by atoms with E-state index in [1.807, 2.05) is 18.2 Å². The minimum Gasteiger partial charge on any atom is -0.370 e. The second-order valence-corrected chi connectivity index (χ2v) is 4.77. The van der Waals surface area contributed by atoms with E-state index in [0.29, 0.717) is 0 Å². The van der Waals surface area contributed by atoms with Crippen LogP contribution in [0.25, 0.3) is 0 Å². The number of nitrogens with zero attached hydrogens (tertiary/aromatic N) is 2. The Morgan fingerprint density at radius 3 is 3.11 bits per heavy atom. The SMILES string of the molecule is CCCNc1cccc(N2CCCC2C(=O)NC)n1. The number of hydrogen-bond donors (Lipinski definition) is 2. The van der Waals surface area contributed by atoms with Crippen LogP contribution in [0.2, 0.25) is 0 Å². The molecule has 1 aliphatic rings. The molecule has 1 saturated heterocycles. The predicted molar refractivity (Wildman–Crippen MR) is 77.5 cm³/mol. The minimum atomic E-state index is -0.0843. The highest BCUT2D eigenvalue weighted by atomic mass is 16.2. The second-order valence-electron chi connectivity index (χ2n) is 4.77. The van der Waals surface area contributed by atoms with Gasteiger partial charge in [0, 0.05) is 20.1 Å². The number of rotatable bonds is 5. The smallest absolute Gasteiger partial charge is 0.242 e. The Balaban J connectivity index is 2.13. The average Bonchev–Trinajstić information content (AvgIpc) is 2.94. The van der Waals surface area contributed by atoms with E-state index in [4.69, 9.17) is 0 Å². The van der Waals surface area contributed by atoms with Gasteiger partial charge < -0.3 is 15.5 Å². The number of nitrogens with one attached hydrogen (secondary N) is 2. The number of pyridine rings is 1. The molecular weight excluding hydrogens is 240 g/mol. The van der Waals surface area contributed by atoms with Crippen molar-refractivity contribution in [2.75, 3.05) is 30.4 Å². The molecule has 5 heteroatoms. The first-order valence-corrected chi connectivity index (χ1v) is 6.95. The lowest BCUT2D eigenvalue weighted by molar-refractivity contribution is -0.121. The molecule has 1 aromatic heterocycles. The molecule has 2 N–H and O–H groups in total. The third kappa shape index (κ3) is 3.16. The molecule has 0 bridgehead atoms. The van der Waals surface area contributed by atoms with E-state index in [9.17, 15) is 4.79 Å². The van der Waals surface area contributed by atoms with Crippen molar-refractivity contribution in [3.63, 3.8) is 0 Å². The zero-order chi connectivity index (χ0) is 13.7. The summed E-state index contributed by atoms with van der Waals surface area (Å²) in [6.07, 6.45) is 3.00. The molecule has 1 unspecified atom stereocenters. The van der Waals surface area contributed by atoms with Gasteiger partial charge >= 0.3 is 0 Å². The quantitative estimate of drug-likeness (QED) is 0.846. The Hall–Kier alpha value is -1.78. The second kappa shape index (κ2) is 6.41. The normalized spacial score (nSPS) is 18.4. The van der Waals surface area contributed by atoms with Crippen LogP contribution in [0.1, 0.15) is 26.2 Å². The summed E-state index contributed by atoms with van der Waals surface area (Å²) in [6, 6.07) is 5.83. The van der Waals surface area contributed by atoms with Gasteiger partial charge in [-0.1, -0.05) is 13.0 Å². The van der Waals surface area contributed by atoms with Crippen molar-refractivity contribution in [1.29, 1.82) is 0 Å². The molecule has 1 amide bonds. The molecule has 1 atom stereocenters. The van der Waals surface area contributed by atoms with Crippen molar-refractivity contribution in [3.8, 4) is 0 Å². The Morgan fingerprint density at radius 2 is 2.37 bits per heavy atom. The van der Waals surface area contributed by atoms with Crippen molar-refractivity contribution in [1.82, 2.24) is 10.3 Å². The highest BCUT2D eigenvalue weighted by Crippen LogP contribution is 2.24. The molecule has 0 spiro atoms. The molecular formula is C14H22N4O. The average molecular weight is 262 g/mol. The molecule has 2 rings (SSSR count). The van der Waals surface area contributed by atoms with E-state index >= 15 is 0 Å². The van der Waals surface area contributed by atoms with Gasteiger partial charge in [0.25, 0.3) is 0 Å². The highest BCUT2D eigenvalue weighted by molar-refractivity contribution is 5.85. The maximum Gasteiger partial charge on any atom is 0.242 e. The number of likely N-dealkylation sites (N-methyl/N-ethyl adjacent to an activating group) is 1. The molecule has 2 heterocycles. The van der Waals surface area contributed by atoms with E-state index in [1.54, 1.807) is 7.05 Å². The fourth-order valence-electron chi connectivity index (χ4n) is 2.41. The summed E-state index contributed by atoms with van der Waals surface area (Å²) < 4.78 is 0. The van der Waals surface area contributed by atoms with Crippen molar-refractivity contribution in [2.45, 2.75) is 32.2 Å². The van der Waals surface area contributed by atoms with E-state index < -0.39 is 0 Å². The molecule has 1 aliphatic heterocycles. The monoisotopic (exact) mass is 262 g/mol. The van der Waals surface area contributed by atoms with Crippen LogP contribution >= 0.6 is 0 Å². The Kier molecular flexibility index (Phi) is 4.60. The highest BCUT2D eigenvalue weighted by Gasteiger charge is 2.30.